The summed E-state index contributed by atoms with van der Waals surface area (Å²) in [4.78, 5) is 1.19. The van der Waals surface area contributed by atoms with E-state index in [0.29, 0.717) is 0 Å². The molecule has 0 radical (unpaired) electrons. The van der Waals surface area contributed by atoms with Crippen molar-refractivity contribution >= 4 is 22.9 Å². The first-order valence-electron chi connectivity index (χ1n) is 5.63. The average molecular weight is 271 g/mol. The molecule has 0 bridgehead atoms. The third-order valence-electron chi connectivity index (χ3n) is 2.53. The van der Waals surface area contributed by atoms with Gasteiger partial charge in [0.05, 0.1) is 22.3 Å². The van der Waals surface area contributed by atoms with Gasteiger partial charge in [0.1, 0.15) is 0 Å². The molecule has 92 valence electrons. The van der Waals surface area contributed by atoms with Gasteiger partial charge >= 0.3 is 0 Å². The highest BCUT2D eigenvalue weighted by Crippen LogP contribution is 2.30. The minimum atomic E-state index is 0.118. The van der Waals surface area contributed by atoms with Crippen molar-refractivity contribution in [2.75, 3.05) is 6.54 Å². The minimum absolute atomic E-state index is 0.118. The van der Waals surface area contributed by atoms with Crippen LogP contribution in [-0.2, 0) is 6.54 Å². The lowest BCUT2D eigenvalue weighted by Gasteiger charge is -2.16. The van der Waals surface area contributed by atoms with Crippen LogP contribution in [-0.4, -0.2) is 21.5 Å². The molecule has 0 saturated heterocycles. The molecule has 6 heteroatoms. The van der Waals surface area contributed by atoms with E-state index in [9.17, 15) is 0 Å². The van der Waals surface area contributed by atoms with Crippen molar-refractivity contribution in [3.8, 4) is 0 Å². The first kappa shape index (κ1) is 12.5. The molecule has 1 atom stereocenters. The third-order valence-corrected chi connectivity index (χ3v) is 3.83. The Morgan fingerprint density at radius 2 is 2.29 bits per heavy atom. The Morgan fingerprint density at radius 1 is 1.47 bits per heavy atom. The van der Waals surface area contributed by atoms with Crippen LogP contribution < -0.4 is 5.32 Å². The summed E-state index contributed by atoms with van der Waals surface area (Å²) in [6, 6.07) is 4.09. The second-order valence-corrected chi connectivity index (χ2v) is 5.35. The number of aryl methyl sites for hydroxylation is 1. The Bertz CT molecular complexity index is 479. The lowest BCUT2D eigenvalue weighted by molar-refractivity contribution is 0.539. The molecule has 0 aliphatic carbocycles. The van der Waals surface area contributed by atoms with Gasteiger partial charge in [0.2, 0.25) is 0 Å². The monoisotopic (exact) mass is 270 g/mol. The number of nitrogens with zero attached hydrogens (tertiary/aromatic N) is 3. The second-order valence-electron chi connectivity index (χ2n) is 3.61. The molecule has 1 unspecified atom stereocenters. The second kappa shape index (κ2) is 5.62. The molecule has 0 saturated carbocycles. The van der Waals surface area contributed by atoms with E-state index in [1.807, 2.05) is 23.0 Å². The normalized spacial score (nSPS) is 12.9. The van der Waals surface area contributed by atoms with Crippen molar-refractivity contribution in [1.29, 1.82) is 0 Å². The standard InChI is InChI=1S/C11H15ClN4S/c1-3-13-11(9-5-6-10(12)17-9)8-7-14-15-16(8)4-2/h5-7,11,13H,3-4H2,1-2H3. The SMILES string of the molecule is CCNC(c1ccc(Cl)s1)c1cnnn1CC. The first-order chi connectivity index (χ1) is 8.26. The Morgan fingerprint density at radius 3 is 2.88 bits per heavy atom. The van der Waals surface area contributed by atoms with E-state index in [2.05, 4.69) is 29.5 Å². The van der Waals surface area contributed by atoms with E-state index in [1.54, 1.807) is 11.3 Å². The molecule has 0 amide bonds. The molecular weight excluding hydrogens is 256 g/mol. The van der Waals surface area contributed by atoms with Gasteiger partial charge in [0, 0.05) is 11.4 Å². The topological polar surface area (TPSA) is 42.7 Å². The zero-order valence-electron chi connectivity index (χ0n) is 9.85. The largest absolute Gasteiger partial charge is 0.305 e. The van der Waals surface area contributed by atoms with Crippen LogP contribution in [0.15, 0.2) is 18.3 Å². The van der Waals surface area contributed by atoms with Crippen LogP contribution in [0.1, 0.15) is 30.5 Å². The molecular formula is C11H15ClN4S. The summed E-state index contributed by atoms with van der Waals surface area (Å²) in [6.07, 6.45) is 1.81. The summed E-state index contributed by atoms with van der Waals surface area (Å²) in [7, 11) is 0. The predicted molar refractivity (Wildman–Crippen MR) is 70.5 cm³/mol. The number of rotatable bonds is 5. The lowest BCUT2D eigenvalue weighted by Crippen LogP contribution is -2.24. The molecule has 0 fully saturated rings. The quantitative estimate of drug-likeness (QED) is 0.908. The molecule has 2 aromatic rings. The van der Waals surface area contributed by atoms with Gasteiger partial charge < -0.3 is 5.32 Å². The van der Waals surface area contributed by atoms with Gasteiger partial charge in [-0.05, 0) is 25.6 Å². The van der Waals surface area contributed by atoms with E-state index in [0.717, 1.165) is 23.1 Å². The van der Waals surface area contributed by atoms with Gasteiger partial charge in [0.25, 0.3) is 0 Å². The lowest BCUT2D eigenvalue weighted by atomic mass is 10.2. The fourth-order valence-corrected chi connectivity index (χ4v) is 2.92. The molecule has 4 nitrogen and oxygen atoms in total. The van der Waals surface area contributed by atoms with E-state index in [-0.39, 0.29) is 6.04 Å². The number of halogens is 1. The van der Waals surface area contributed by atoms with Crippen molar-refractivity contribution in [3.63, 3.8) is 0 Å². The van der Waals surface area contributed by atoms with Crippen LogP contribution >= 0.6 is 22.9 Å². The molecule has 2 aromatic heterocycles. The molecule has 1 N–H and O–H groups in total. The van der Waals surface area contributed by atoms with E-state index in [1.165, 1.54) is 4.88 Å². The Hall–Kier alpha value is -0.910. The van der Waals surface area contributed by atoms with Crippen LogP contribution in [0, 0.1) is 0 Å². The van der Waals surface area contributed by atoms with E-state index >= 15 is 0 Å². The van der Waals surface area contributed by atoms with Gasteiger partial charge in [-0.25, -0.2) is 4.68 Å². The first-order valence-corrected chi connectivity index (χ1v) is 6.82. The van der Waals surface area contributed by atoms with Crippen molar-refractivity contribution in [2.24, 2.45) is 0 Å². The van der Waals surface area contributed by atoms with Crippen LogP contribution in [0.5, 0.6) is 0 Å². The summed E-state index contributed by atoms with van der Waals surface area (Å²) in [6.45, 7) is 5.84. The Balaban J connectivity index is 2.35. The molecule has 0 aliphatic rings. The smallest absolute Gasteiger partial charge is 0.0931 e. The van der Waals surface area contributed by atoms with Crippen LogP contribution in [0.25, 0.3) is 0 Å². The zero-order valence-corrected chi connectivity index (χ0v) is 11.4. The number of aromatic nitrogens is 3. The maximum absolute atomic E-state index is 5.99. The zero-order chi connectivity index (χ0) is 12.3. The Labute approximate surface area is 110 Å². The highest BCUT2D eigenvalue weighted by Gasteiger charge is 2.19. The number of hydrogen-bond acceptors (Lipinski definition) is 4. The molecule has 0 aliphatic heterocycles. The summed E-state index contributed by atoms with van der Waals surface area (Å²) in [5, 5.41) is 11.5. The molecule has 0 aromatic carbocycles. The van der Waals surface area contributed by atoms with E-state index in [4.69, 9.17) is 11.6 Å². The molecule has 2 heterocycles. The summed E-state index contributed by atoms with van der Waals surface area (Å²) >= 11 is 7.58. The van der Waals surface area contributed by atoms with E-state index < -0.39 is 0 Å². The predicted octanol–water partition coefficient (Wildman–Crippen LogP) is 2.71. The average Bonchev–Trinajstić information content (AvgIpc) is 2.94. The van der Waals surface area contributed by atoms with Gasteiger partial charge in [-0.1, -0.05) is 23.7 Å². The Kier molecular flexibility index (Phi) is 4.15. The number of hydrogen-bond donors (Lipinski definition) is 1. The molecule has 17 heavy (non-hydrogen) atoms. The highest BCUT2D eigenvalue weighted by molar-refractivity contribution is 7.16. The molecule has 2 rings (SSSR count). The summed E-state index contributed by atoms with van der Waals surface area (Å²) in [5.41, 5.74) is 1.08. The van der Waals surface area contributed by atoms with Crippen LogP contribution in [0.2, 0.25) is 4.34 Å². The maximum atomic E-state index is 5.99. The molecule has 0 spiro atoms. The summed E-state index contributed by atoms with van der Waals surface area (Å²) < 4.78 is 2.71. The number of thiophene rings is 1. The van der Waals surface area contributed by atoms with Gasteiger partial charge in [0.15, 0.2) is 0 Å². The van der Waals surface area contributed by atoms with Gasteiger partial charge in [-0.2, -0.15) is 0 Å². The van der Waals surface area contributed by atoms with Gasteiger partial charge in [-0.3, -0.25) is 0 Å². The van der Waals surface area contributed by atoms with Crippen LogP contribution in [0.4, 0.5) is 0 Å². The number of nitrogens with one attached hydrogen (secondary N) is 1. The van der Waals surface area contributed by atoms with Crippen molar-refractivity contribution in [3.05, 3.63) is 33.2 Å². The van der Waals surface area contributed by atoms with Crippen molar-refractivity contribution < 1.29 is 0 Å². The van der Waals surface area contributed by atoms with Crippen LogP contribution in [0.3, 0.4) is 0 Å². The maximum Gasteiger partial charge on any atom is 0.0931 e. The fraction of sp³-hybridized carbons (Fsp3) is 0.455. The highest BCUT2D eigenvalue weighted by atomic mass is 35.5. The fourth-order valence-electron chi connectivity index (χ4n) is 1.77. The van der Waals surface area contributed by atoms with Gasteiger partial charge in [-0.15, -0.1) is 16.4 Å². The van der Waals surface area contributed by atoms with Crippen molar-refractivity contribution in [2.45, 2.75) is 26.4 Å². The third kappa shape index (κ3) is 2.68. The minimum Gasteiger partial charge on any atom is -0.305 e. The van der Waals surface area contributed by atoms with Crippen molar-refractivity contribution in [1.82, 2.24) is 20.3 Å². The summed E-state index contributed by atoms with van der Waals surface area (Å²) in [5.74, 6) is 0.